The number of ether oxygens (including phenoxy) is 3. The van der Waals surface area contributed by atoms with Crippen LogP contribution in [0.5, 0.6) is 0 Å². The van der Waals surface area contributed by atoms with Crippen LogP contribution in [-0.4, -0.2) is 66.3 Å². The fourth-order valence-corrected chi connectivity index (χ4v) is 4.03. The maximum atomic E-state index is 12.8. The number of hydrogen-bond donors (Lipinski definition) is 2. The first-order valence-electron chi connectivity index (χ1n) is 11.4. The highest BCUT2D eigenvalue weighted by molar-refractivity contribution is 5.84. The Morgan fingerprint density at radius 1 is 1.06 bits per heavy atom. The molecule has 1 aromatic rings. The van der Waals surface area contributed by atoms with Gasteiger partial charge in [0.1, 0.15) is 18.2 Å². The van der Waals surface area contributed by atoms with Gasteiger partial charge >= 0.3 is 18.2 Å². The number of alkyl carbamates (subject to hydrolysis) is 1. The van der Waals surface area contributed by atoms with Crippen molar-refractivity contribution in [3.05, 3.63) is 35.9 Å². The third kappa shape index (κ3) is 6.61. The van der Waals surface area contributed by atoms with E-state index in [1.54, 1.807) is 20.8 Å². The fraction of sp³-hybridized carbons (Fsp3) is 0.583. The molecule has 3 rings (SSSR count). The van der Waals surface area contributed by atoms with Gasteiger partial charge in [0, 0.05) is 25.0 Å². The summed E-state index contributed by atoms with van der Waals surface area (Å²) >= 11 is 0. The van der Waals surface area contributed by atoms with Gasteiger partial charge in [0.2, 0.25) is 5.91 Å². The third-order valence-electron chi connectivity index (χ3n) is 5.88. The molecule has 34 heavy (non-hydrogen) atoms. The zero-order valence-electron chi connectivity index (χ0n) is 20.0. The molecular formula is C24H33N3O7. The molecule has 1 aliphatic heterocycles. The molecule has 3 amide bonds. The number of carbonyl (C=O) groups excluding carboxylic acids is 4. The molecule has 1 heterocycles. The summed E-state index contributed by atoms with van der Waals surface area (Å²) < 4.78 is 15.5. The largest absolute Gasteiger partial charge is 0.467 e. The number of benzene rings is 1. The second-order valence-electron chi connectivity index (χ2n) is 9.61. The minimum atomic E-state index is -0.839. The van der Waals surface area contributed by atoms with E-state index in [0.29, 0.717) is 12.8 Å². The first-order chi connectivity index (χ1) is 16.1. The third-order valence-corrected chi connectivity index (χ3v) is 5.88. The summed E-state index contributed by atoms with van der Waals surface area (Å²) in [7, 11) is 1.25. The molecule has 2 aliphatic rings. The zero-order valence-corrected chi connectivity index (χ0v) is 20.0. The molecular weight excluding hydrogens is 442 g/mol. The molecule has 4 atom stereocenters. The van der Waals surface area contributed by atoms with E-state index >= 15 is 0 Å². The Morgan fingerprint density at radius 2 is 1.76 bits per heavy atom. The maximum Gasteiger partial charge on any atom is 0.411 e. The molecule has 1 aromatic carbocycles. The lowest BCUT2D eigenvalue weighted by Crippen LogP contribution is -2.54. The van der Waals surface area contributed by atoms with Crippen LogP contribution in [0, 0.1) is 5.92 Å². The van der Waals surface area contributed by atoms with Crippen LogP contribution in [0.3, 0.4) is 0 Å². The predicted octanol–water partition coefficient (Wildman–Crippen LogP) is 2.36. The van der Waals surface area contributed by atoms with E-state index in [1.165, 1.54) is 12.0 Å². The molecule has 10 heteroatoms. The van der Waals surface area contributed by atoms with Crippen LogP contribution in [0.4, 0.5) is 9.59 Å². The molecule has 1 saturated heterocycles. The lowest BCUT2D eigenvalue weighted by molar-refractivity contribution is -0.145. The number of rotatable bonds is 6. The molecule has 0 spiro atoms. The molecule has 0 bridgehead atoms. The van der Waals surface area contributed by atoms with Gasteiger partial charge in [0.25, 0.3) is 0 Å². The van der Waals surface area contributed by atoms with Crippen LogP contribution in [0.15, 0.2) is 30.3 Å². The summed E-state index contributed by atoms with van der Waals surface area (Å²) in [5.41, 5.74) is 0.149. The van der Waals surface area contributed by atoms with Crippen LogP contribution in [-0.2, 0) is 30.4 Å². The Hall–Kier alpha value is -3.30. The molecule has 0 unspecified atom stereocenters. The normalized spacial score (nSPS) is 23.9. The van der Waals surface area contributed by atoms with Crippen molar-refractivity contribution in [1.82, 2.24) is 15.5 Å². The summed E-state index contributed by atoms with van der Waals surface area (Å²) in [5, 5.41) is 5.66. The van der Waals surface area contributed by atoms with Crippen molar-refractivity contribution in [3.63, 3.8) is 0 Å². The van der Waals surface area contributed by atoms with Crippen LogP contribution >= 0.6 is 0 Å². The Labute approximate surface area is 199 Å². The van der Waals surface area contributed by atoms with Crippen LogP contribution < -0.4 is 10.6 Å². The molecule has 0 aromatic heterocycles. The van der Waals surface area contributed by atoms with Gasteiger partial charge in [-0.25, -0.2) is 14.4 Å². The molecule has 186 valence electrons. The van der Waals surface area contributed by atoms with Gasteiger partial charge in [0.15, 0.2) is 0 Å². The average Bonchev–Trinajstić information content (AvgIpc) is 3.18. The number of carbonyl (C=O) groups is 4. The number of esters is 1. The monoisotopic (exact) mass is 475 g/mol. The van der Waals surface area contributed by atoms with Crippen LogP contribution in [0.25, 0.3) is 0 Å². The second-order valence-corrected chi connectivity index (χ2v) is 9.61. The average molecular weight is 476 g/mol. The number of likely N-dealkylation sites (tertiary alicyclic amines) is 1. The minimum absolute atomic E-state index is 0.129. The SMILES string of the molecule is COC(=O)[C@@H]1C[C@@H](NC(=O)[C@H]2CC[C@@H]2NC(=O)OCc2ccccc2)CN1C(=O)OC(C)(C)C. The molecule has 1 saturated carbocycles. The first kappa shape index (κ1) is 25.3. The predicted molar refractivity (Wildman–Crippen MR) is 122 cm³/mol. The number of methoxy groups -OCH3 is 1. The van der Waals surface area contributed by atoms with Crippen LogP contribution in [0.2, 0.25) is 0 Å². The standard InChI is InChI=1S/C24H33N3O7/c1-24(2,3)34-23(31)27-13-16(12-19(27)21(29)32-4)25-20(28)17-10-11-18(17)26-22(30)33-14-15-8-6-5-7-9-15/h5-9,16-19H,10-14H2,1-4H3,(H,25,28)(H,26,30)/t16-,17+,18+,19+/m1/s1. The summed E-state index contributed by atoms with van der Waals surface area (Å²) in [6, 6.07) is 7.71. The Kier molecular flexibility index (Phi) is 8.01. The van der Waals surface area contributed by atoms with Crippen molar-refractivity contribution in [3.8, 4) is 0 Å². The number of amides is 3. The summed E-state index contributed by atoms with van der Waals surface area (Å²) in [6.45, 7) is 5.49. The van der Waals surface area contributed by atoms with Crippen molar-refractivity contribution in [2.75, 3.05) is 13.7 Å². The molecule has 1 aliphatic carbocycles. The van der Waals surface area contributed by atoms with Crippen molar-refractivity contribution >= 4 is 24.1 Å². The minimum Gasteiger partial charge on any atom is -0.467 e. The highest BCUT2D eigenvalue weighted by atomic mass is 16.6. The fourth-order valence-electron chi connectivity index (χ4n) is 4.03. The maximum absolute atomic E-state index is 12.8. The smallest absolute Gasteiger partial charge is 0.411 e. The van der Waals surface area contributed by atoms with E-state index in [1.807, 2.05) is 30.3 Å². The van der Waals surface area contributed by atoms with Gasteiger partial charge in [0.05, 0.1) is 13.0 Å². The van der Waals surface area contributed by atoms with Crippen molar-refractivity contribution in [2.45, 2.75) is 70.4 Å². The first-order valence-corrected chi connectivity index (χ1v) is 11.4. The van der Waals surface area contributed by atoms with Crippen molar-refractivity contribution < 1.29 is 33.4 Å². The molecule has 10 nitrogen and oxygen atoms in total. The van der Waals surface area contributed by atoms with Crippen molar-refractivity contribution in [1.29, 1.82) is 0 Å². The van der Waals surface area contributed by atoms with Gasteiger partial charge in [-0.2, -0.15) is 0 Å². The quantitative estimate of drug-likeness (QED) is 0.478. The van der Waals surface area contributed by atoms with E-state index in [4.69, 9.17) is 14.2 Å². The lowest BCUT2D eigenvalue weighted by atomic mass is 9.79. The summed E-state index contributed by atoms with van der Waals surface area (Å²) in [6.07, 6.45) is 0.302. The van der Waals surface area contributed by atoms with E-state index in [-0.39, 0.29) is 31.5 Å². The number of nitrogens with one attached hydrogen (secondary N) is 2. The Balaban J connectivity index is 1.51. The lowest BCUT2D eigenvalue weighted by Gasteiger charge is -2.36. The highest BCUT2D eigenvalue weighted by Gasteiger charge is 2.44. The summed E-state index contributed by atoms with van der Waals surface area (Å²) in [5.74, 6) is -1.21. The van der Waals surface area contributed by atoms with Crippen molar-refractivity contribution in [2.24, 2.45) is 5.92 Å². The molecule has 2 N–H and O–H groups in total. The van der Waals surface area contributed by atoms with E-state index in [9.17, 15) is 19.2 Å². The zero-order chi connectivity index (χ0) is 24.9. The molecule has 0 radical (unpaired) electrons. The van der Waals surface area contributed by atoms with E-state index in [0.717, 1.165) is 5.56 Å². The Morgan fingerprint density at radius 3 is 2.35 bits per heavy atom. The van der Waals surface area contributed by atoms with Gasteiger partial charge in [-0.3, -0.25) is 9.69 Å². The van der Waals surface area contributed by atoms with Gasteiger partial charge in [-0.15, -0.1) is 0 Å². The number of nitrogens with zero attached hydrogens (tertiary/aromatic N) is 1. The molecule has 2 fully saturated rings. The van der Waals surface area contributed by atoms with Gasteiger partial charge < -0.3 is 24.8 Å². The van der Waals surface area contributed by atoms with E-state index < -0.39 is 41.8 Å². The van der Waals surface area contributed by atoms with Gasteiger partial charge in [-0.1, -0.05) is 30.3 Å². The highest BCUT2D eigenvalue weighted by Crippen LogP contribution is 2.29. The Bertz CT molecular complexity index is 900. The van der Waals surface area contributed by atoms with Crippen LogP contribution in [0.1, 0.15) is 45.6 Å². The second kappa shape index (κ2) is 10.8. The van der Waals surface area contributed by atoms with Gasteiger partial charge in [-0.05, 0) is 39.2 Å². The van der Waals surface area contributed by atoms with E-state index in [2.05, 4.69) is 10.6 Å². The topological polar surface area (TPSA) is 123 Å². The number of hydrogen-bond acceptors (Lipinski definition) is 7. The summed E-state index contributed by atoms with van der Waals surface area (Å²) in [4.78, 5) is 51.1.